The minimum atomic E-state index is -4.78. The van der Waals surface area contributed by atoms with Gasteiger partial charge in [-0.15, -0.1) is 0 Å². The number of rotatable bonds is 6. The van der Waals surface area contributed by atoms with Crippen LogP contribution in [-0.2, 0) is 29.5 Å². The molecule has 0 radical (unpaired) electrons. The quantitative estimate of drug-likeness (QED) is 0.451. The van der Waals surface area contributed by atoms with Crippen LogP contribution in [0.2, 0.25) is 0 Å². The van der Waals surface area contributed by atoms with Crippen LogP contribution in [0.25, 0.3) is 0 Å². The molecule has 6 nitrogen and oxygen atoms in total. The molecule has 204 valence electrons. The summed E-state index contributed by atoms with van der Waals surface area (Å²) in [6.07, 6.45) is 8.26. The second-order valence-electron chi connectivity index (χ2n) is 13.8. The molecule has 0 aromatic heterocycles. The molecule has 0 unspecified atom stereocenters. The zero-order valence-corrected chi connectivity index (χ0v) is 23.9. The zero-order chi connectivity index (χ0) is 26.0. The molecule has 1 aromatic carbocycles. The Kier molecular flexibility index (Phi) is 5.31. The van der Waals surface area contributed by atoms with E-state index in [0.29, 0.717) is 38.5 Å². The highest BCUT2D eigenvalue weighted by Crippen LogP contribution is 2.64. The van der Waals surface area contributed by atoms with Gasteiger partial charge in [-0.2, -0.15) is 0 Å². The first-order chi connectivity index (χ1) is 17.3. The Morgan fingerprint density at radius 2 is 0.865 bits per heavy atom. The lowest BCUT2D eigenvalue weighted by molar-refractivity contribution is 0.0331. The predicted molar refractivity (Wildman–Crippen MR) is 141 cm³/mol. The fraction of sp³-hybridized carbons (Fsp3) is 0.750. The molecule has 0 spiro atoms. The Labute approximate surface area is 221 Å². The van der Waals surface area contributed by atoms with Crippen molar-refractivity contribution in [1.29, 1.82) is 0 Å². The predicted octanol–water partition coefficient (Wildman–Crippen LogP) is 4.98. The summed E-state index contributed by atoms with van der Waals surface area (Å²) in [4.78, 5) is -0.227. The maximum absolute atomic E-state index is 14.8. The van der Waals surface area contributed by atoms with Crippen molar-refractivity contribution in [3.8, 4) is 0 Å². The number of aryl methyl sites for hydroxylation is 1. The van der Waals surface area contributed by atoms with Crippen molar-refractivity contribution in [2.75, 3.05) is 0 Å². The maximum Gasteiger partial charge on any atom is 0.0825 e. The minimum absolute atomic E-state index is 0.227. The second kappa shape index (κ2) is 7.84. The van der Waals surface area contributed by atoms with E-state index in [1.807, 2.05) is 6.92 Å². The summed E-state index contributed by atoms with van der Waals surface area (Å²) in [6, 6.07) is 5.96. The Balaban J connectivity index is 1.41. The molecule has 9 rings (SSSR count). The molecule has 0 N–H and O–H groups in total. The largest absolute Gasteiger partial charge is 0.260 e. The van der Waals surface area contributed by atoms with Crippen LogP contribution < -0.4 is 0 Å². The van der Waals surface area contributed by atoms with Gasteiger partial charge < -0.3 is 0 Å². The van der Waals surface area contributed by atoms with Gasteiger partial charge in [-0.1, -0.05) is 17.7 Å². The van der Waals surface area contributed by atoms with E-state index in [1.165, 1.54) is 12.1 Å². The zero-order valence-electron chi connectivity index (χ0n) is 21.4. The van der Waals surface area contributed by atoms with Gasteiger partial charge in [-0.3, -0.25) is 25.3 Å². The SMILES string of the molecule is Cc1ccc(S(=O)(=O)[C-](S(=O)(=O)C23CC4CC(CC(C4)C2)C3)S(=O)(=O)C23CC4CC(CC(C4)C2)C3)cc1. The highest BCUT2D eigenvalue weighted by Gasteiger charge is 2.63. The van der Waals surface area contributed by atoms with E-state index in [2.05, 4.69) is 0 Å². The van der Waals surface area contributed by atoms with Crippen LogP contribution in [0.3, 0.4) is 0 Å². The van der Waals surface area contributed by atoms with E-state index in [1.54, 1.807) is 12.1 Å². The lowest BCUT2D eigenvalue weighted by Gasteiger charge is -2.61. The van der Waals surface area contributed by atoms with Crippen molar-refractivity contribution in [3.05, 3.63) is 33.7 Å². The van der Waals surface area contributed by atoms with Crippen LogP contribution in [0.1, 0.15) is 82.6 Å². The molecule has 0 amide bonds. The van der Waals surface area contributed by atoms with Gasteiger partial charge in [-0.25, -0.2) is 0 Å². The van der Waals surface area contributed by atoms with Gasteiger partial charge in [0.2, 0.25) is 0 Å². The molecule has 1 aromatic rings. The van der Waals surface area contributed by atoms with E-state index in [4.69, 9.17) is 0 Å². The molecule has 0 heterocycles. The third kappa shape index (κ3) is 3.47. The van der Waals surface area contributed by atoms with Gasteiger partial charge in [-0.05, 0) is 132 Å². The fourth-order valence-corrected chi connectivity index (χ4v) is 20.6. The second-order valence-corrected chi connectivity index (χ2v) is 21.0. The van der Waals surface area contributed by atoms with Crippen LogP contribution >= 0.6 is 0 Å². The maximum atomic E-state index is 14.8. The smallest absolute Gasteiger partial charge is 0.0825 e. The molecule has 9 heteroatoms. The number of hydrogen-bond donors (Lipinski definition) is 0. The Morgan fingerprint density at radius 1 is 0.568 bits per heavy atom. The molecule has 0 aliphatic heterocycles. The fourth-order valence-electron chi connectivity index (χ4n) is 10.3. The third-order valence-corrected chi connectivity index (χ3v) is 20.5. The van der Waals surface area contributed by atoms with Gasteiger partial charge in [0.25, 0.3) is 0 Å². The van der Waals surface area contributed by atoms with Crippen LogP contribution in [-0.4, -0.2) is 34.7 Å². The summed E-state index contributed by atoms with van der Waals surface area (Å²) in [5.74, 6) is 1.45. The monoisotopic (exact) mass is 565 g/mol. The van der Waals surface area contributed by atoms with Gasteiger partial charge in [0, 0.05) is 18.3 Å². The summed E-state index contributed by atoms with van der Waals surface area (Å²) in [5.41, 5.74) is 0.827. The van der Waals surface area contributed by atoms with Crippen LogP contribution in [0, 0.1) is 46.3 Å². The lowest BCUT2D eigenvalue weighted by Crippen LogP contribution is -2.61. The average Bonchev–Trinajstić information content (AvgIpc) is 2.77. The van der Waals surface area contributed by atoms with Gasteiger partial charge in [0.1, 0.15) is 0 Å². The van der Waals surface area contributed by atoms with Crippen molar-refractivity contribution in [3.63, 3.8) is 0 Å². The van der Waals surface area contributed by atoms with Gasteiger partial charge in [0.05, 0.1) is 29.5 Å². The highest BCUT2D eigenvalue weighted by atomic mass is 32.3. The Morgan fingerprint density at radius 3 is 1.16 bits per heavy atom. The Hall–Kier alpha value is -0.930. The van der Waals surface area contributed by atoms with Crippen LogP contribution in [0.4, 0.5) is 0 Å². The summed E-state index contributed by atoms with van der Waals surface area (Å²) in [5, 5.41) is 0. The van der Waals surface area contributed by atoms with E-state index >= 15 is 0 Å². The third-order valence-electron chi connectivity index (χ3n) is 11.1. The first kappa shape index (κ1) is 25.1. The van der Waals surface area contributed by atoms with Crippen molar-refractivity contribution >= 4 is 29.5 Å². The topological polar surface area (TPSA) is 102 Å². The number of sulfone groups is 3. The van der Waals surface area contributed by atoms with Crippen molar-refractivity contribution in [2.45, 2.75) is 98.4 Å². The molecule has 8 aliphatic carbocycles. The van der Waals surface area contributed by atoms with E-state index < -0.39 is 42.9 Å². The normalized spacial score (nSPS) is 42.5. The molecule has 37 heavy (non-hydrogen) atoms. The summed E-state index contributed by atoms with van der Waals surface area (Å²) >= 11 is 0. The molecule has 0 saturated heterocycles. The van der Waals surface area contributed by atoms with Gasteiger partial charge >= 0.3 is 0 Å². The standard InChI is InChI=1S/C28H37O6S3/c1-18-2-4-25(5-3-18)35(29,30)26(36(31,32)27-12-19-6-20(13-27)8-21(7-19)14-27)37(33,34)28-15-22-9-23(16-28)11-24(10-22)17-28/h2-5,19-24H,6-17H2,1H3/q-1. The molecule has 8 fully saturated rings. The van der Waals surface area contributed by atoms with Gasteiger partial charge in [0.15, 0.2) is 0 Å². The molecular weight excluding hydrogens is 529 g/mol. The van der Waals surface area contributed by atoms with E-state index in [0.717, 1.165) is 44.1 Å². The summed E-state index contributed by atoms with van der Waals surface area (Å²) in [7, 11) is -14.1. The number of hydrogen-bond acceptors (Lipinski definition) is 6. The highest BCUT2D eigenvalue weighted by molar-refractivity contribution is 8.29. The lowest BCUT2D eigenvalue weighted by atomic mass is 9.56. The van der Waals surface area contributed by atoms with E-state index in [9.17, 15) is 25.3 Å². The van der Waals surface area contributed by atoms with Crippen molar-refractivity contribution in [1.82, 2.24) is 0 Å². The average molecular weight is 566 g/mol. The summed E-state index contributed by atoms with van der Waals surface area (Å²) < 4.78 is 84.2. The van der Waals surface area contributed by atoms with E-state index in [-0.39, 0.29) is 40.4 Å². The van der Waals surface area contributed by atoms with Crippen LogP contribution in [0.5, 0.6) is 0 Å². The molecule has 8 aliphatic rings. The molecule has 0 atom stereocenters. The Bertz CT molecular complexity index is 1290. The summed E-state index contributed by atoms with van der Waals surface area (Å²) in [6.45, 7) is 1.82. The minimum Gasteiger partial charge on any atom is -0.260 e. The molecule has 8 bridgehead atoms. The first-order valence-corrected chi connectivity index (χ1v) is 18.5. The molecular formula is C28H37O6S3-. The first-order valence-electron chi connectivity index (χ1n) is 14.0. The van der Waals surface area contributed by atoms with Crippen molar-refractivity contribution < 1.29 is 25.3 Å². The molecule has 8 saturated carbocycles. The van der Waals surface area contributed by atoms with Crippen LogP contribution in [0.15, 0.2) is 29.2 Å². The van der Waals surface area contributed by atoms with Crippen molar-refractivity contribution in [2.24, 2.45) is 35.5 Å². The number of benzene rings is 1.